The summed E-state index contributed by atoms with van der Waals surface area (Å²) in [5.74, 6) is 0. The first-order valence-corrected chi connectivity index (χ1v) is 6.50. The highest BCUT2D eigenvalue weighted by Crippen LogP contribution is 2.33. The molecule has 2 aromatic carbocycles. The number of halogens is 1. The van der Waals surface area contributed by atoms with Crippen LogP contribution in [0.2, 0.25) is 5.02 Å². The maximum absolute atomic E-state index is 6.00. The van der Waals surface area contributed by atoms with Crippen molar-refractivity contribution in [3.63, 3.8) is 0 Å². The molecule has 0 spiro atoms. The van der Waals surface area contributed by atoms with Gasteiger partial charge in [0.15, 0.2) is 0 Å². The monoisotopic (exact) mass is 260 g/mol. The second kappa shape index (κ2) is 5.55. The minimum absolute atomic E-state index is 0.430. The van der Waals surface area contributed by atoms with E-state index in [2.05, 4.69) is 19.1 Å². The molecule has 0 aliphatic rings. The Hall–Kier alpha value is -1.31. The van der Waals surface area contributed by atoms with Crippen LogP contribution < -0.4 is 0 Å². The fourth-order valence-electron chi connectivity index (χ4n) is 2.15. The molecular weight excluding hydrogens is 244 g/mol. The summed E-state index contributed by atoms with van der Waals surface area (Å²) in [4.78, 5) is 0. The summed E-state index contributed by atoms with van der Waals surface area (Å²) in [6, 6.07) is 18.1. The first-order chi connectivity index (χ1) is 8.66. The highest BCUT2D eigenvalue weighted by molar-refractivity contribution is 6.30. The van der Waals surface area contributed by atoms with Crippen molar-refractivity contribution >= 4 is 11.6 Å². The molecule has 0 heterocycles. The summed E-state index contributed by atoms with van der Waals surface area (Å²) in [7, 11) is 0. The number of benzene rings is 2. The van der Waals surface area contributed by atoms with Crippen LogP contribution in [-0.2, 0) is 10.3 Å². The molecule has 1 nitrogen and oxygen atoms in total. The van der Waals surface area contributed by atoms with Crippen molar-refractivity contribution in [3.05, 3.63) is 70.7 Å². The molecule has 0 aliphatic carbocycles. The Balaban J connectivity index is 2.47. The molecule has 2 heteroatoms. The number of rotatable bonds is 4. The van der Waals surface area contributed by atoms with Crippen molar-refractivity contribution in [1.82, 2.24) is 0 Å². The second-order valence-electron chi connectivity index (χ2n) is 4.34. The SMILES string of the molecule is CCOC(C)(c1ccccc1)c1ccc(Cl)cc1. The van der Waals surface area contributed by atoms with Gasteiger partial charge in [0.2, 0.25) is 0 Å². The Morgan fingerprint density at radius 1 is 0.944 bits per heavy atom. The van der Waals surface area contributed by atoms with Crippen LogP contribution in [0.25, 0.3) is 0 Å². The Kier molecular flexibility index (Phi) is 4.05. The van der Waals surface area contributed by atoms with Crippen LogP contribution in [0.3, 0.4) is 0 Å². The fourth-order valence-corrected chi connectivity index (χ4v) is 2.27. The van der Waals surface area contributed by atoms with E-state index in [-0.39, 0.29) is 0 Å². The average molecular weight is 261 g/mol. The third kappa shape index (κ3) is 2.58. The van der Waals surface area contributed by atoms with Gasteiger partial charge in [-0.1, -0.05) is 54.1 Å². The van der Waals surface area contributed by atoms with Gasteiger partial charge in [-0.25, -0.2) is 0 Å². The van der Waals surface area contributed by atoms with E-state index in [1.165, 1.54) is 0 Å². The van der Waals surface area contributed by atoms with Crippen LogP contribution in [0.15, 0.2) is 54.6 Å². The number of hydrogen-bond acceptors (Lipinski definition) is 1. The number of hydrogen-bond donors (Lipinski definition) is 0. The van der Waals surface area contributed by atoms with E-state index in [9.17, 15) is 0 Å². The van der Waals surface area contributed by atoms with Crippen LogP contribution in [0, 0.1) is 0 Å². The molecule has 0 fully saturated rings. The van der Waals surface area contributed by atoms with Gasteiger partial charge >= 0.3 is 0 Å². The molecular formula is C16H17ClO. The molecule has 0 radical (unpaired) electrons. The Morgan fingerprint density at radius 2 is 1.50 bits per heavy atom. The van der Waals surface area contributed by atoms with Gasteiger partial charge in [-0.3, -0.25) is 0 Å². The highest BCUT2D eigenvalue weighted by Gasteiger charge is 2.29. The Labute approximate surface area is 113 Å². The van der Waals surface area contributed by atoms with Gasteiger partial charge in [0.25, 0.3) is 0 Å². The first-order valence-electron chi connectivity index (χ1n) is 6.12. The highest BCUT2D eigenvalue weighted by atomic mass is 35.5. The molecule has 94 valence electrons. The van der Waals surface area contributed by atoms with Gasteiger partial charge < -0.3 is 4.74 Å². The van der Waals surface area contributed by atoms with Crippen LogP contribution in [0.1, 0.15) is 25.0 Å². The lowest BCUT2D eigenvalue weighted by Crippen LogP contribution is -2.27. The molecule has 0 saturated carbocycles. The zero-order valence-electron chi connectivity index (χ0n) is 10.7. The average Bonchev–Trinajstić information content (AvgIpc) is 2.40. The molecule has 0 aromatic heterocycles. The third-order valence-electron chi connectivity index (χ3n) is 3.15. The summed E-state index contributed by atoms with van der Waals surface area (Å²) in [6.07, 6.45) is 0. The lowest BCUT2D eigenvalue weighted by atomic mass is 9.88. The molecule has 0 amide bonds. The Morgan fingerprint density at radius 3 is 2.06 bits per heavy atom. The van der Waals surface area contributed by atoms with Gasteiger partial charge in [-0.2, -0.15) is 0 Å². The van der Waals surface area contributed by atoms with Gasteiger partial charge in [-0.05, 0) is 37.1 Å². The zero-order valence-corrected chi connectivity index (χ0v) is 11.4. The van der Waals surface area contributed by atoms with E-state index in [1.54, 1.807) is 0 Å². The molecule has 1 unspecified atom stereocenters. The Bertz CT molecular complexity index is 492. The van der Waals surface area contributed by atoms with Gasteiger partial charge in [0.1, 0.15) is 5.60 Å². The molecule has 0 N–H and O–H groups in total. The van der Waals surface area contributed by atoms with E-state index in [0.29, 0.717) is 6.61 Å². The molecule has 1 atom stereocenters. The molecule has 0 bridgehead atoms. The van der Waals surface area contributed by atoms with Crippen LogP contribution >= 0.6 is 11.6 Å². The minimum atomic E-state index is -0.430. The van der Waals surface area contributed by atoms with Gasteiger partial charge in [0.05, 0.1) is 0 Å². The zero-order chi connectivity index (χ0) is 13.0. The predicted molar refractivity (Wildman–Crippen MR) is 76.0 cm³/mol. The summed E-state index contributed by atoms with van der Waals surface area (Å²) in [5.41, 5.74) is 1.83. The topological polar surface area (TPSA) is 9.23 Å². The lowest BCUT2D eigenvalue weighted by Gasteiger charge is -2.30. The van der Waals surface area contributed by atoms with Crippen molar-refractivity contribution in [2.45, 2.75) is 19.4 Å². The number of ether oxygens (including phenoxy) is 1. The summed E-state index contributed by atoms with van der Waals surface area (Å²) in [5, 5.41) is 0.741. The third-order valence-corrected chi connectivity index (χ3v) is 3.40. The standard InChI is InChI=1S/C16H17ClO/c1-3-18-16(2,13-7-5-4-6-8-13)14-9-11-15(17)12-10-14/h4-12H,3H2,1-2H3. The predicted octanol–water partition coefficient (Wildman–Crippen LogP) is 4.64. The molecule has 18 heavy (non-hydrogen) atoms. The van der Waals surface area contributed by atoms with E-state index in [1.807, 2.05) is 49.4 Å². The quantitative estimate of drug-likeness (QED) is 0.778. The van der Waals surface area contributed by atoms with Gasteiger partial charge in [0, 0.05) is 11.6 Å². The lowest BCUT2D eigenvalue weighted by molar-refractivity contribution is 0.00405. The van der Waals surface area contributed by atoms with Crippen molar-refractivity contribution in [2.24, 2.45) is 0 Å². The van der Waals surface area contributed by atoms with Crippen molar-refractivity contribution in [2.75, 3.05) is 6.61 Å². The van der Waals surface area contributed by atoms with Gasteiger partial charge in [-0.15, -0.1) is 0 Å². The van der Waals surface area contributed by atoms with Crippen molar-refractivity contribution in [3.8, 4) is 0 Å². The minimum Gasteiger partial charge on any atom is -0.366 e. The maximum Gasteiger partial charge on any atom is 0.115 e. The smallest absolute Gasteiger partial charge is 0.115 e. The summed E-state index contributed by atoms with van der Waals surface area (Å²) in [6.45, 7) is 4.76. The first kappa shape index (κ1) is 13.1. The summed E-state index contributed by atoms with van der Waals surface area (Å²) < 4.78 is 6.00. The summed E-state index contributed by atoms with van der Waals surface area (Å²) >= 11 is 5.94. The largest absolute Gasteiger partial charge is 0.366 e. The van der Waals surface area contributed by atoms with Crippen molar-refractivity contribution < 1.29 is 4.74 Å². The molecule has 0 aliphatic heterocycles. The fraction of sp³-hybridized carbons (Fsp3) is 0.250. The van der Waals surface area contributed by atoms with Crippen LogP contribution in [-0.4, -0.2) is 6.61 Å². The van der Waals surface area contributed by atoms with E-state index < -0.39 is 5.60 Å². The molecule has 2 rings (SSSR count). The van der Waals surface area contributed by atoms with Crippen LogP contribution in [0.4, 0.5) is 0 Å². The normalized spacial score (nSPS) is 14.2. The van der Waals surface area contributed by atoms with E-state index >= 15 is 0 Å². The van der Waals surface area contributed by atoms with E-state index in [4.69, 9.17) is 16.3 Å². The maximum atomic E-state index is 6.00. The molecule has 0 saturated heterocycles. The molecule has 2 aromatic rings. The van der Waals surface area contributed by atoms with Crippen molar-refractivity contribution in [1.29, 1.82) is 0 Å². The second-order valence-corrected chi connectivity index (χ2v) is 4.78. The van der Waals surface area contributed by atoms with Crippen LogP contribution in [0.5, 0.6) is 0 Å². The van der Waals surface area contributed by atoms with E-state index in [0.717, 1.165) is 16.1 Å².